The van der Waals surface area contributed by atoms with E-state index in [0.29, 0.717) is 5.56 Å². The standard InChI is InChI=1S/C16H15F2NO2/c1-10-2-4-11(5-3-10)16(21)19-9-15(20)12-6-7-13(17)14(18)8-12/h2-8,15,20H,9H2,1H3,(H,19,21). The number of carbonyl (C=O) groups excluding carboxylic acids is 1. The highest BCUT2D eigenvalue weighted by atomic mass is 19.2. The van der Waals surface area contributed by atoms with E-state index in [-0.39, 0.29) is 18.0 Å². The van der Waals surface area contributed by atoms with Gasteiger partial charge in [-0.3, -0.25) is 4.79 Å². The highest BCUT2D eigenvalue weighted by Gasteiger charge is 2.13. The van der Waals surface area contributed by atoms with Gasteiger partial charge in [-0.1, -0.05) is 23.8 Å². The third kappa shape index (κ3) is 3.86. The molecule has 0 fully saturated rings. The predicted octanol–water partition coefficient (Wildman–Crippen LogP) is 2.74. The molecular formula is C16H15F2NO2. The lowest BCUT2D eigenvalue weighted by Gasteiger charge is -2.12. The monoisotopic (exact) mass is 291 g/mol. The van der Waals surface area contributed by atoms with Crippen molar-refractivity contribution in [2.75, 3.05) is 6.54 Å². The molecule has 2 aromatic rings. The van der Waals surface area contributed by atoms with Crippen molar-refractivity contribution in [3.63, 3.8) is 0 Å². The summed E-state index contributed by atoms with van der Waals surface area (Å²) in [5.74, 6) is -2.34. The van der Waals surface area contributed by atoms with Gasteiger partial charge in [-0.25, -0.2) is 8.78 Å². The summed E-state index contributed by atoms with van der Waals surface area (Å²) in [6.45, 7) is 1.83. The molecule has 0 spiro atoms. The van der Waals surface area contributed by atoms with Gasteiger partial charge in [0, 0.05) is 12.1 Å². The van der Waals surface area contributed by atoms with Crippen LogP contribution in [0.15, 0.2) is 42.5 Å². The zero-order valence-corrected chi connectivity index (χ0v) is 11.4. The van der Waals surface area contributed by atoms with E-state index in [1.807, 2.05) is 6.92 Å². The van der Waals surface area contributed by atoms with Gasteiger partial charge in [0.25, 0.3) is 5.91 Å². The number of benzene rings is 2. The summed E-state index contributed by atoms with van der Waals surface area (Å²) in [5, 5.41) is 12.4. The van der Waals surface area contributed by atoms with Gasteiger partial charge in [0.05, 0.1) is 6.10 Å². The van der Waals surface area contributed by atoms with Crippen molar-refractivity contribution in [3.8, 4) is 0 Å². The highest BCUT2D eigenvalue weighted by Crippen LogP contribution is 2.15. The number of rotatable bonds is 4. The molecule has 0 saturated carbocycles. The summed E-state index contributed by atoms with van der Waals surface area (Å²) in [4.78, 5) is 11.9. The fourth-order valence-electron chi connectivity index (χ4n) is 1.83. The van der Waals surface area contributed by atoms with Gasteiger partial charge >= 0.3 is 0 Å². The molecule has 3 nitrogen and oxygen atoms in total. The average molecular weight is 291 g/mol. The molecule has 5 heteroatoms. The van der Waals surface area contributed by atoms with Crippen LogP contribution in [0, 0.1) is 18.6 Å². The first-order valence-corrected chi connectivity index (χ1v) is 6.45. The topological polar surface area (TPSA) is 49.3 Å². The molecule has 0 aromatic heterocycles. The highest BCUT2D eigenvalue weighted by molar-refractivity contribution is 5.94. The predicted molar refractivity (Wildman–Crippen MR) is 74.8 cm³/mol. The first-order chi connectivity index (χ1) is 9.97. The molecule has 2 N–H and O–H groups in total. The zero-order chi connectivity index (χ0) is 15.4. The van der Waals surface area contributed by atoms with Crippen LogP contribution in [-0.2, 0) is 0 Å². The number of aryl methyl sites for hydroxylation is 1. The normalized spacial score (nSPS) is 12.0. The molecule has 0 radical (unpaired) electrons. The molecule has 1 amide bonds. The number of halogens is 2. The lowest BCUT2D eigenvalue weighted by molar-refractivity contribution is 0.0916. The van der Waals surface area contributed by atoms with Crippen LogP contribution < -0.4 is 5.32 Å². The second-order valence-corrected chi connectivity index (χ2v) is 4.77. The molecule has 2 aromatic carbocycles. The van der Waals surface area contributed by atoms with Gasteiger partial charge in [-0.15, -0.1) is 0 Å². The van der Waals surface area contributed by atoms with Crippen LogP contribution in [0.25, 0.3) is 0 Å². The first-order valence-electron chi connectivity index (χ1n) is 6.45. The fraction of sp³-hybridized carbons (Fsp3) is 0.188. The van der Waals surface area contributed by atoms with Crippen molar-refractivity contribution in [3.05, 3.63) is 70.8 Å². The van der Waals surface area contributed by atoms with Crippen LogP contribution in [0.5, 0.6) is 0 Å². The molecule has 21 heavy (non-hydrogen) atoms. The summed E-state index contributed by atoms with van der Waals surface area (Å²) in [7, 11) is 0. The fourth-order valence-corrected chi connectivity index (χ4v) is 1.83. The summed E-state index contributed by atoms with van der Waals surface area (Å²) < 4.78 is 25.9. The SMILES string of the molecule is Cc1ccc(C(=O)NCC(O)c2ccc(F)c(F)c2)cc1. The molecule has 110 valence electrons. The van der Waals surface area contributed by atoms with Gasteiger partial charge in [0.1, 0.15) is 0 Å². The molecule has 0 heterocycles. The minimum atomic E-state index is -1.10. The molecule has 0 aliphatic carbocycles. The summed E-state index contributed by atoms with van der Waals surface area (Å²) in [5.41, 5.74) is 1.71. The Morgan fingerprint density at radius 2 is 1.81 bits per heavy atom. The summed E-state index contributed by atoms with van der Waals surface area (Å²) >= 11 is 0. The molecule has 1 unspecified atom stereocenters. The Kier molecular flexibility index (Phi) is 4.65. The number of hydrogen-bond acceptors (Lipinski definition) is 2. The van der Waals surface area contributed by atoms with E-state index in [2.05, 4.69) is 5.32 Å². The minimum absolute atomic E-state index is 0.0855. The lowest BCUT2D eigenvalue weighted by atomic mass is 10.1. The summed E-state index contributed by atoms with van der Waals surface area (Å²) in [6, 6.07) is 10.1. The van der Waals surface area contributed by atoms with Crippen molar-refractivity contribution in [2.24, 2.45) is 0 Å². The van der Waals surface area contributed by atoms with Gasteiger partial charge in [0.2, 0.25) is 0 Å². The number of aliphatic hydroxyl groups is 1. The molecule has 0 saturated heterocycles. The number of carbonyl (C=O) groups is 1. The largest absolute Gasteiger partial charge is 0.387 e. The van der Waals surface area contributed by atoms with Crippen LogP contribution in [0.1, 0.15) is 27.6 Å². The van der Waals surface area contributed by atoms with Gasteiger partial charge < -0.3 is 10.4 Å². The van der Waals surface area contributed by atoms with E-state index in [4.69, 9.17) is 0 Å². The second-order valence-electron chi connectivity index (χ2n) is 4.77. The maximum absolute atomic E-state index is 13.1. The Hall–Kier alpha value is -2.27. The van der Waals surface area contributed by atoms with Crippen LogP contribution in [0.4, 0.5) is 8.78 Å². The van der Waals surface area contributed by atoms with Crippen LogP contribution in [0.2, 0.25) is 0 Å². The van der Waals surface area contributed by atoms with E-state index >= 15 is 0 Å². The van der Waals surface area contributed by atoms with E-state index in [0.717, 1.165) is 17.7 Å². The number of aliphatic hydroxyl groups excluding tert-OH is 1. The molecule has 1 atom stereocenters. The van der Waals surface area contributed by atoms with Gasteiger partial charge in [-0.2, -0.15) is 0 Å². The number of nitrogens with one attached hydrogen (secondary N) is 1. The molecule has 0 aliphatic rings. The minimum Gasteiger partial charge on any atom is -0.387 e. The maximum Gasteiger partial charge on any atom is 0.251 e. The van der Waals surface area contributed by atoms with Crippen LogP contribution >= 0.6 is 0 Å². The molecule has 0 aliphatic heterocycles. The Morgan fingerprint density at radius 3 is 2.43 bits per heavy atom. The Labute approximate surface area is 121 Å². The van der Waals surface area contributed by atoms with Crippen molar-refractivity contribution in [1.29, 1.82) is 0 Å². The van der Waals surface area contributed by atoms with E-state index in [1.165, 1.54) is 6.07 Å². The van der Waals surface area contributed by atoms with E-state index < -0.39 is 17.7 Å². The van der Waals surface area contributed by atoms with Gasteiger partial charge in [-0.05, 0) is 36.8 Å². The number of hydrogen-bond donors (Lipinski definition) is 2. The van der Waals surface area contributed by atoms with Gasteiger partial charge in [0.15, 0.2) is 11.6 Å². The average Bonchev–Trinajstić information content (AvgIpc) is 2.48. The molecule has 0 bridgehead atoms. The maximum atomic E-state index is 13.1. The third-order valence-electron chi connectivity index (χ3n) is 3.10. The third-order valence-corrected chi connectivity index (χ3v) is 3.10. The number of amides is 1. The molecular weight excluding hydrogens is 276 g/mol. The van der Waals surface area contributed by atoms with Crippen molar-refractivity contribution >= 4 is 5.91 Å². The van der Waals surface area contributed by atoms with Crippen molar-refractivity contribution in [2.45, 2.75) is 13.0 Å². The quantitative estimate of drug-likeness (QED) is 0.910. The van der Waals surface area contributed by atoms with Crippen LogP contribution in [0.3, 0.4) is 0 Å². The van der Waals surface area contributed by atoms with E-state index in [1.54, 1.807) is 24.3 Å². The van der Waals surface area contributed by atoms with Crippen molar-refractivity contribution < 1.29 is 18.7 Å². The van der Waals surface area contributed by atoms with Crippen molar-refractivity contribution in [1.82, 2.24) is 5.32 Å². The first kappa shape index (κ1) is 15.1. The Balaban J connectivity index is 1.97. The lowest BCUT2D eigenvalue weighted by Crippen LogP contribution is -2.28. The second kappa shape index (κ2) is 6.45. The Morgan fingerprint density at radius 1 is 1.14 bits per heavy atom. The van der Waals surface area contributed by atoms with E-state index in [9.17, 15) is 18.7 Å². The smallest absolute Gasteiger partial charge is 0.251 e. The molecule has 2 rings (SSSR count). The zero-order valence-electron chi connectivity index (χ0n) is 11.4. The summed E-state index contributed by atoms with van der Waals surface area (Å²) in [6.07, 6.45) is -1.10. The Bertz CT molecular complexity index is 641. The van der Waals surface area contributed by atoms with Crippen LogP contribution in [-0.4, -0.2) is 17.6 Å².